The highest BCUT2D eigenvalue weighted by atomic mass is 79.9. The lowest BCUT2D eigenvalue weighted by Gasteiger charge is -2.29. The lowest BCUT2D eigenvalue weighted by molar-refractivity contribution is -0.384. The van der Waals surface area contributed by atoms with Crippen LogP contribution in [0.3, 0.4) is 0 Å². The fourth-order valence-corrected chi connectivity index (χ4v) is 2.49. The third-order valence-corrected chi connectivity index (χ3v) is 3.52. The van der Waals surface area contributed by atoms with Crippen molar-refractivity contribution in [3.05, 3.63) is 26.7 Å². The van der Waals surface area contributed by atoms with Gasteiger partial charge in [0.25, 0.3) is 5.69 Å². The van der Waals surface area contributed by atoms with Gasteiger partial charge < -0.3 is 15.0 Å². The van der Waals surface area contributed by atoms with Crippen LogP contribution in [0.2, 0.25) is 0 Å². The van der Waals surface area contributed by atoms with E-state index in [2.05, 4.69) is 21.2 Å². The first-order valence-electron chi connectivity index (χ1n) is 5.61. The van der Waals surface area contributed by atoms with Crippen LogP contribution in [-0.4, -0.2) is 38.2 Å². The summed E-state index contributed by atoms with van der Waals surface area (Å²) in [5, 5.41) is 14.3. The number of methoxy groups -OCH3 is 1. The molecule has 1 saturated heterocycles. The molecule has 18 heavy (non-hydrogen) atoms. The molecule has 1 aliphatic heterocycles. The zero-order chi connectivity index (χ0) is 13.1. The summed E-state index contributed by atoms with van der Waals surface area (Å²) in [6.45, 7) is 3.17. The van der Waals surface area contributed by atoms with E-state index in [9.17, 15) is 10.1 Å². The molecule has 0 saturated carbocycles. The second-order valence-corrected chi connectivity index (χ2v) is 4.82. The van der Waals surface area contributed by atoms with E-state index < -0.39 is 0 Å². The molecule has 0 radical (unpaired) electrons. The summed E-state index contributed by atoms with van der Waals surface area (Å²) in [4.78, 5) is 12.8. The first-order chi connectivity index (χ1) is 8.63. The van der Waals surface area contributed by atoms with E-state index in [0.717, 1.165) is 26.2 Å². The number of anilines is 1. The highest BCUT2D eigenvalue weighted by Crippen LogP contribution is 2.38. The van der Waals surface area contributed by atoms with Gasteiger partial charge in [0.2, 0.25) is 0 Å². The number of rotatable bonds is 3. The average Bonchev–Trinajstić information content (AvgIpc) is 2.39. The minimum absolute atomic E-state index is 0.101. The van der Waals surface area contributed by atoms with Crippen LogP contribution in [0.15, 0.2) is 16.6 Å². The lowest BCUT2D eigenvalue weighted by atomic mass is 10.2. The molecule has 0 bridgehead atoms. The Balaban J connectivity index is 2.44. The first kappa shape index (κ1) is 13.1. The molecule has 0 aromatic heterocycles. The summed E-state index contributed by atoms with van der Waals surface area (Å²) >= 11 is 3.27. The number of halogens is 1. The smallest absolute Gasteiger partial charge is 0.293 e. The Kier molecular flexibility index (Phi) is 4.03. The van der Waals surface area contributed by atoms with E-state index in [-0.39, 0.29) is 10.6 Å². The van der Waals surface area contributed by atoms with E-state index in [1.165, 1.54) is 6.07 Å². The van der Waals surface area contributed by atoms with E-state index >= 15 is 0 Å². The molecule has 1 N–H and O–H groups in total. The van der Waals surface area contributed by atoms with Crippen LogP contribution in [0.1, 0.15) is 0 Å². The van der Waals surface area contributed by atoms with Crippen molar-refractivity contribution < 1.29 is 9.66 Å². The van der Waals surface area contributed by atoms with E-state index in [4.69, 9.17) is 4.74 Å². The van der Waals surface area contributed by atoms with Crippen LogP contribution in [-0.2, 0) is 0 Å². The minimum atomic E-state index is -0.360. The van der Waals surface area contributed by atoms with Crippen molar-refractivity contribution in [1.29, 1.82) is 0 Å². The van der Waals surface area contributed by atoms with Crippen molar-refractivity contribution in [3.63, 3.8) is 0 Å². The number of benzene rings is 1. The summed E-state index contributed by atoms with van der Waals surface area (Å²) in [6, 6.07) is 3.21. The molecule has 0 aliphatic carbocycles. The zero-order valence-electron chi connectivity index (χ0n) is 9.98. The molecule has 1 fully saturated rings. The normalized spacial score (nSPS) is 15.6. The van der Waals surface area contributed by atoms with Crippen LogP contribution in [0.4, 0.5) is 11.4 Å². The highest BCUT2D eigenvalue weighted by molar-refractivity contribution is 9.10. The van der Waals surface area contributed by atoms with Crippen LogP contribution in [0, 0.1) is 10.1 Å². The third kappa shape index (κ3) is 2.56. The average molecular weight is 316 g/mol. The number of nitro groups is 1. The van der Waals surface area contributed by atoms with Crippen molar-refractivity contribution in [1.82, 2.24) is 5.32 Å². The second kappa shape index (κ2) is 5.53. The molecule has 0 atom stereocenters. The summed E-state index contributed by atoms with van der Waals surface area (Å²) in [5.41, 5.74) is 0.714. The van der Waals surface area contributed by atoms with Crippen LogP contribution < -0.4 is 15.0 Å². The van der Waals surface area contributed by atoms with Crippen molar-refractivity contribution in [2.45, 2.75) is 0 Å². The highest BCUT2D eigenvalue weighted by Gasteiger charge is 2.23. The fourth-order valence-electron chi connectivity index (χ4n) is 1.99. The van der Waals surface area contributed by atoms with Gasteiger partial charge in [0.1, 0.15) is 11.4 Å². The largest absolute Gasteiger partial charge is 0.495 e. The number of hydrogen-bond donors (Lipinski definition) is 1. The van der Waals surface area contributed by atoms with Crippen LogP contribution >= 0.6 is 15.9 Å². The number of hydrogen-bond acceptors (Lipinski definition) is 5. The van der Waals surface area contributed by atoms with Gasteiger partial charge >= 0.3 is 0 Å². The molecule has 1 aromatic carbocycles. The maximum Gasteiger partial charge on any atom is 0.293 e. The number of piperazine rings is 1. The van der Waals surface area contributed by atoms with E-state index in [1.807, 2.05) is 4.90 Å². The number of ether oxygens (including phenoxy) is 1. The van der Waals surface area contributed by atoms with Crippen LogP contribution in [0.5, 0.6) is 5.75 Å². The van der Waals surface area contributed by atoms with Crippen molar-refractivity contribution in [2.75, 3.05) is 38.2 Å². The van der Waals surface area contributed by atoms with Gasteiger partial charge in [0.15, 0.2) is 0 Å². The first-order valence-corrected chi connectivity index (χ1v) is 6.40. The maximum absolute atomic E-state index is 11.1. The van der Waals surface area contributed by atoms with Crippen molar-refractivity contribution in [2.24, 2.45) is 0 Å². The summed E-state index contributed by atoms with van der Waals surface area (Å²) in [5.74, 6) is 0.606. The molecule has 0 spiro atoms. The van der Waals surface area contributed by atoms with Gasteiger partial charge in [-0.05, 0) is 15.9 Å². The lowest BCUT2D eigenvalue weighted by Crippen LogP contribution is -2.43. The molecule has 1 aliphatic rings. The Morgan fingerprint density at radius 2 is 2.11 bits per heavy atom. The summed E-state index contributed by atoms with van der Waals surface area (Å²) < 4.78 is 5.79. The monoisotopic (exact) mass is 315 g/mol. The predicted molar refractivity (Wildman–Crippen MR) is 72.4 cm³/mol. The fraction of sp³-hybridized carbons (Fsp3) is 0.455. The van der Waals surface area contributed by atoms with Gasteiger partial charge in [0.05, 0.1) is 16.5 Å². The molecule has 0 unspecified atom stereocenters. The molecule has 6 nitrogen and oxygen atoms in total. The quantitative estimate of drug-likeness (QED) is 0.680. The van der Waals surface area contributed by atoms with Gasteiger partial charge in [-0.15, -0.1) is 0 Å². The van der Waals surface area contributed by atoms with Crippen molar-refractivity contribution in [3.8, 4) is 5.75 Å². The summed E-state index contributed by atoms with van der Waals surface area (Å²) in [6.07, 6.45) is 0. The Hall–Kier alpha value is -1.34. The molecule has 1 aromatic rings. The molecule has 0 amide bonds. The SMILES string of the molecule is COc1cc(N2CCNCC2)c([N+](=O)[O-])cc1Br. The van der Waals surface area contributed by atoms with Crippen molar-refractivity contribution >= 4 is 27.3 Å². The Morgan fingerprint density at radius 1 is 1.44 bits per heavy atom. The molecular weight excluding hydrogens is 302 g/mol. The van der Waals surface area contributed by atoms with Gasteiger partial charge in [-0.3, -0.25) is 10.1 Å². The topological polar surface area (TPSA) is 67.6 Å². The number of nitro benzene ring substituents is 1. The summed E-state index contributed by atoms with van der Waals surface area (Å²) in [7, 11) is 1.55. The standard InChI is InChI=1S/C11H14BrN3O3/c1-18-11-7-9(14-4-2-13-3-5-14)10(15(16)17)6-8(11)12/h6-7,13H,2-5H2,1H3. The predicted octanol–water partition coefficient (Wildman–Crippen LogP) is 1.78. The van der Waals surface area contributed by atoms with E-state index in [0.29, 0.717) is 15.9 Å². The Labute approximate surface area is 113 Å². The minimum Gasteiger partial charge on any atom is -0.495 e. The molecule has 1 heterocycles. The Bertz CT molecular complexity index is 461. The zero-order valence-corrected chi connectivity index (χ0v) is 11.6. The van der Waals surface area contributed by atoms with Gasteiger partial charge in [-0.2, -0.15) is 0 Å². The molecular formula is C11H14BrN3O3. The van der Waals surface area contributed by atoms with E-state index in [1.54, 1.807) is 13.2 Å². The van der Waals surface area contributed by atoms with Gasteiger partial charge in [-0.1, -0.05) is 0 Å². The molecule has 98 valence electrons. The van der Waals surface area contributed by atoms with Crippen LogP contribution in [0.25, 0.3) is 0 Å². The maximum atomic E-state index is 11.1. The second-order valence-electron chi connectivity index (χ2n) is 3.97. The number of nitrogens with one attached hydrogen (secondary N) is 1. The third-order valence-electron chi connectivity index (χ3n) is 2.90. The Morgan fingerprint density at radius 3 is 2.67 bits per heavy atom. The van der Waals surface area contributed by atoms with Gasteiger partial charge in [-0.25, -0.2) is 0 Å². The van der Waals surface area contributed by atoms with Gasteiger partial charge in [0, 0.05) is 38.3 Å². The molecule has 7 heteroatoms. The molecule has 2 rings (SSSR count). The number of nitrogens with zero attached hydrogens (tertiary/aromatic N) is 2.